The smallest absolute Gasteiger partial charge is 0.407 e. The number of likely N-dealkylation sites (tertiary alicyclic amines) is 1. The molecule has 1 atom stereocenters. The van der Waals surface area contributed by atoms with Crippen LogP contribution in [0.3, 0.4) is 0 Å². The first-order chi connectivity index (χ1) is 11.2. The highest BCUT2D eigenvalue weighted by Crippen LogP contribution is 2.30. The van der Waals surface area contributed by atoms with Crippen LogP contribution in [0, 0.1) is 0 Å². The van der Waals surface area contributed by atoms with Crippen LogP contribution in [0.5, 0.6) is 0 Å². The van der Waals surface area contributed by atoms with Crippen molar-refractivity contribution in [2.24, 2.45) is 0 Å². The predicted octanol–water partition coefficient (Wildman–Crippen LogP) is 1.44. The van der Waals surface area contributed by atoms with E-state index in [0.29, 0.717) is 31.6 Å². The van der Waals surface area contributed by atoms with Crippen LogP contribution in [0.15, 0.2) is 30.6 Å². The van der Waals surface area contributed by atoms with Gasteiger partial charge in [-0.1, -0.05) is 6.07 Å². The lowest BCUT2D eigenvalue weighted by Gasteiger charge is -2.24. The minimum Gasteiger partial charge on any atom is -0.441 e. The average Bonchev–Trinajstić information content (AvgIpc) is 3.07. The molecule has 1 spiro atoms. The van der Waals surface area contributed by atoms with E-state index in [-0.39, 0.29) is 12.0 Å². The summed E-state index contributed by atoms with van der Waals surface area (Å²) in [6.45, 7) is 1.78. The molecule has 2 aromatic heterocycles. The molecule has 4 heterocycles. The van der Waals surface area contributed by atoms with E-state index in [9.17, 15) is 9.59 Å². The summed E-state index contributed by atoms with van der Waals surface area (Å²) in [6, 6.07) is 5.67. The Bertz CT molecular complexity index is 772. The fraction of sp³-hybridized carbons (Fsp3) is 0.438. The Labute approximate surface area is 133 Å². The van der Waals surface area contributed by atoms with Crippen molar-refractivity contribution < 1.29 is 14.3 Å². The van der Waals surface area contributed by atoms with Crippen LogP contribution < -0.4 is 5.32 Å². The molecule has 2 aromatic rings. The molecule has 120 valence electrons. The number of carbonyl (C=O) groups excluding carboxylic acids is 2. The minimum atomic E-state index is -0.451. The topological polar surface area (TPSA) is 75.9 Å². The molecule has 4 rings (SSSR count). The highest BCUT2D eigenvalue weighted by molar-refractivity contribution is 6.00. The van der Waals surface area contributed by atoms with Gasteiger partial charge in [0.05, 0.1) is 23.8 Å². The van der Waals surface area contributed by atoms with E-state index in [1.807, 2.05) is 29.3 Å². The second-order valence-corrected chi connectivity index (χ2v) is 6.16. The Kier molecular flexibility index (Phi) is 3.21. The van der Waals surface area contributed by atoms with Crippen LogP contribution in [0.1, 0.15) is 29.6 Å². The highest BCUT2D eigenvalue weighted by atomic mass is 16.6. The minimum absolute atomic E-state index is 0.0134. The van der Waals surface area contributed by atoms with Gasteiger partial charge in [-0.2, -0.15) is 5.10 Å². The number of pyridine rings is 1. The fourth-order valence-electron chi connectivity index (χ4n) is 3.42. The van der Waals surface area contributed by atoms with E-state index in [1.54, 1.807) is 10.7 Å². The van der Waals surface area contributed by atoms with Crippen molar-refractivity contribution in [1.29, 1.82) is 0 Å². The van der Waals surface area contributed by atoms with Gasteiger partial charge in [0.15, 0.2) is 0 Å². The molecule has 7 nitrogen and oxygen atoms in total. The van der Waals surface area contributed by atoms with Gasteiger partial charge < -0.3 is 15.0 Å². The maximum Gasteiger partial charge on any atom is 0.407 e. The predicted molar refractivity (Wildman–Crippen MR) is 82.2 cm³/mol. The maximum absolute atomic E-state index is 12.8. The largest absolute Gasteiger partial charge is 0.441 e. The number of nitrogens with one attached hydrogen (secondary N) is 1. The molecule has 2 fully saturated rings. The molecule has 0 saturated carbocycles. The van der Waals surface area contributed by atoms with Crippen molar-refractivity contribution in [3.05, 3.63) is 36.2 Å². The second-order valence-electron chi connectivity index (χ2n) is 6.16. The third-order valence-corrected chi connectivity index (χ3v) is 4.71. The molecule has 0 aromatic carbocycles. The summed E-state index contributed by atoms with van der Waals surface area (Å²) in [5.74, 6) is -0.0134. The van der Waals surface area contributed by atoms with Crippen molar-refractivity contribution in [1.82, 2.24) is 19.8 Å². The monoisotopic (exact) mass is 314 g/mol. The van der Waals surface area contributed by atoms with Gasteiger partial charge in [-0.05, 0) is 25.0 Å². The molecule has 23 heavy (non-hydrogen) atoms. The zero-order valence-corrected chi connectivity index (χ0v) is 12.7. The molecular weight excluding hydrogens is 296 g/mol. The van der Waals surface area contributed by atoms with Crippen molar-refractivity contribution in [3.8, 4) is 0 Å². The Morgan fingerprint density at radius 2 is 2.22 bits per heavy atom. The first-order valence-electron chi connectivity index (χ1n) is 7.85. The van der Waals surface area contributed by atoms with Crippen LogP contribution in [0.4, 0.5) is 4.79 Å². The third-order valence-electron chi connectivity index (χ3n) is 4.71. The first-order valence-corrected chi connectivity index (χ1v) is 7.85. The molecule has 0 bridgehead atoms. The van der Waals surface area contributed by atoms with Crippen LogP contribution in [-0.4, -0.2) is 51.7 Å². The summed E-state index contributed by atoms with van der Waals surface area (Å²) in [5, 5.41) is 6.95. The van der Waals surface area contributed by atoms with Crippen molar-refractivity contribution in [2.75, 3.05) is 19.6 Å². The van der Waals surface area contributed by atoms with Gasteiger partial charge in [-0.25, -0.2) is 9.31 Å². The number of alkyl carbamates (subject to hydrolysis) is 1. The Hall–Kier alpha value is -2.57. The van der Waals surface area contributed by atoms with Crippen LogP contribution in [-0.2, 0) is 4.74 Å². The van der Waals surface area contributed by atoms with E-state index >= 15 is 0 Å². The van der Waals surface area contributed by atoms with Gasteiger partial charge in [0.25, 0.3) is 5.91 Å². The van der Waals surface area contributed by atoms with Gasteiger partial charge in [0.1, 0.15) is 5.60 Å². The Morgan fingerprint density at radius 3 is 3.04 bits per heavy atom. The number of hydrogen-bond donors (Lipinski definition) is 1. The maximum atomic E-state index is 12.8. The molecule has 7 heteroatoms. The first kappa shape index (κ1) is 14.0. The molecule has 2 amide bonds. The highest BCUT2D eigenvalue weighted by Gasteiger charge is 2.42. The summed E-state index contributed by atoms with van der Waals surface area (Å²) >= 11 is 0. The molecule has 2 aliphatic heterocycles. The molecule has 2 aliphatic rings. The lowest BCUT2D eigenvalue weighted by molar-refractivity contribution is 0.0439. The fourth-order valence-corrected chi connectivity index (χ4v) is 3.42. The van der Waals surface area contributed by atoms with Gasteiger partial charge in [-0.3, -0.25) is 4.79 Å². The zero-order chi connectivity index (χ0) is 15.9. The number of aromatic nitrogens is 2. The summed E-state index contributed by atoms with van der Waals surface area (Å²) in [7, 11) is 0. The number of nitrogens with zero attached hydrogens (tertiary/aromatic N) is 3. The van der Waals surface area contributed by atoms with Crippen LogP contribution in [0.25, 0.3) is 5.52 Å². The molecule has 2 saturated heterocycles. The molecule has 1 unspecified atom stereocenters. The second kappa shape index (κ2) is 5.26. The summed E-state index contributed by atoms with van der Waals surface area (Å²) < 4.78 is 7.16. The Morgan fingerprint density at radius 1 is 1.30 bits per heavy atom. The van der Waals surface area contributed by atoms with Gasteiger partial charge >= 0.3 is 6.09 Å². The number of amides is 2. The summed E-state index contributed by atoms with van der Waals surface area (Å²) in [5.41, 5.74) is 0.973. The Balaban J connectivity index is 1.54. The number of carbonyl (C=O) groups is 2. The van der Waals surface area contributed by atoms with E-state index in [2.05, 4.69) is 10.4 Å². The number of rotatable bonds is 1. The van der Waals surface area contributed by atoms with E-state index in [1.165, 1.54) is 0 Å². The summed E-state index contributed by atoms with van der Waals surface area (Å²) in [6.07, 6.45) is 5.36. The average molecular weight is 314 g/mol. The molecule has 1 N–H and O–H groups in total. The third kappa shape index (κ3) is 2.42. The molecular formula is C16H18N4O3. The number of hydrogen-bond acceptors (Lipinski definition) is 4. The summed E-state index contributed by atoms with van der Waals surface area (Å²) in [4.78, 5) is 26.0. The SMILES string of the molecule is O=C1NCC2(CCCN(C(=O)c3cnn4ccccc34)CC2)O1. The standard InChI is InChI=1S/C16H18N4O3/c21-14(12-10-18-20-8-2-1-4-13(12)20)19-7-3-5-16(6-9-19)11-17-15(22)23-16/h1-2,4,8,10H,3,5-7,9,11H2,(H,17,22). The van der Waals surface area contributed by atoms with Gasteiger partial charge in [0.2, 0.25) is 0 Å². The van der Waals surface area contributed by atoms with E-state index in [4.69, 9.17) is 4.74 Å². The van der Waals surface area contributed by atoms with E-state index in [0.717, 1.165) is 18.4 Å². The number of fused-ring (bicyclic) bond motifs is 1. The van der Waals surface area contributed by atoms with E-state index < -0.39 is 5.60 Å². The lowest BCUT2D eigenvalue weighted by Crippen LogP contribution is -2.36. The normalized spacial score (nSPS) is 24.5. The lowest BCUT2D eigenvalue weighted by atomic mass is 9.95. The zero-order valence-electron chi connectivity index (χ0n) is 12.7. The van der Waals surface area contributed by atoms with Crippen molar-refractivity contribution in [3.63, 3.8) is 0 Å². The molecule has 0 radical (unpaired) electrons. The van der Waals surface area contributed by atoms with Crippen molar-refractivity contribution >= 4 is 17.5 Å². The van der Waals surface area contributed by atoms with Gasteiger partial charge in [0, 0.05) is 25.7 Å². The molecule has 0 aliphatic carbocycles. The van der Waals surface area contributed by atoms with Gasteiger partial charge in [-0.15, -0.1) is 0 Å². The van der Waals surface area contributed by atoms with Crippen LogP contribution >= 0.6 is 0 Å². The van der Waals surface area contributed by atoms with Crippen molar-refractivity contribution in [2.45, 2.75) is 24.9 Å². The van der Waals surface area contributed by atoms with Crippen LogP contribution in [0.2, 0.25) is 0 Å². The quantitative estimate of drug-likeness (QED) is 0.864. The number of ether oxygens (including phenoxy) is 1.